The second-order valence-corrected chi connectivity index (χ2v) is 8.52. The van der Waals surface area contributed by atoms with Gasteiger partial charge in [-0.15, -0.1) is 0 Å². The van der Waals surface area contributed by atoms with Gasteiger partial charge < -0.3 is 4.90 Å². The molecule has 4 nitrogen and oxygen atoms in total. The van der Waals surface area contributed by atoms with Crippen LogP contribution in [0.5, 0.6) is 0 Å². The lowest BCUT2D eigenvalue weighted by atomic mass is 9.93. The summed E-state index contributed by atoms with van der Waals surface area (Å²) in [5.74, 6) is 0.366. The number of rotatable bonds is 4. The van der Waals surface area contributed by atoms with Crippen LogP contribution >= 0.6 is 15.9 Å². The number of likely N-dealkylation sites (tertiary alicyclic amines) is 1. The molecule has 1 aromatic carbocycles. The van der Waals surface area contributed by atoms with Crippen molar-refractivity contribution in [1.29, 1.82) is 0 Å². The summed E-state index contributed by atoms with van der Waals surface area (Å²) in [5.41, 5.74) is 2.32. The number of benzene rings is 1. The summed E-state index contributed by atoms with van der Waals surface area (Å²) < 4.78 is 3.16. The van der Waals surface area contributed by atoms with Crippen LogP contribution in [0.4, 0.5) is 0 Å². The Morgan fingerprint density at radius 2 is 1.92 bits per heavy atom. The number of hydrogen-bond acceptors (Lipinski definition) is 2. The van der Waals surface area contributed by atoms with Crippen LogP contribution in [0.2, 0.25) is 0 Å². The van der Waals surface area contributed by atoms with Gasteiger partial charge in [0.05, 0.1) is 17.7 Å². The molecule has 1 saturated heterocycles. The first kappa shape index (κ1) is 16.8. The van der Waals surface area contributed by atoms with Gasteiger partial charge in [0.1, 0.15) is 0 Å². The number of amides is 1. The molecule has 25 heavy (non-hydrogen) atoms. The molecule has 5 heteroatoms. The third-order valence-electron chi connectivity index (χ3n) is 5.62. The molecule has 0 atom stereocenters. The number of hydrogen-bond donors (Lipinski definition) is 0. The predicted molar refractivity (Wildman–Crippen MR) is 101 cm³/mol. The van der Waals surface area contributed by atoms with Crippen LogP contribution in [0.15, 0.2) is 41.1 Å². The maximum Gasteiger partial charge on any atom is 0.229 e. The van der Waals surface area contributed by atoms with Crippen molar-refractivity contribution in [2.24, 2.45) is 5.41 Å². The molecule has 4 rings (SSSR count). The zero-order valence-corrected chi connectivity index (χ0v) is 16.2. The molecule has 1 amide bonds. The molecule has 1 aromatic heterocycles. The summed E-state index contributed by atoms with van der Waals surface area (Å²) in [7, 11) is 0. The van der Waals surface area contributed by atoms with E-state index in [2.05, 4.69) is 68.0 Å². The molecule has 0 spiro atoms. The highest BCUT2D eigenvalue weighted by Gasteiger charge is 2.51. The SMILES string of the molecule is Cc1cnn(C2CCN(C(=O)C3(Cc4ccc(Br)cc4)CC3)CC2)c1. The van der Waals surface area contributed by atoms with Crippen LogP contribution < -0.4 is 0 Å². The molecule has 0 N–H and O–H groups in total. The molecule has 2 aliphatic rings. The Morgan fingerprint density at radius 1 is 1.24 bits per heavy atom. The van der Waals surface area contributed by atoms with Crippen molar-refractivity contribution in [3.8, 4) is 0 Å². The first-order valence-corrected chi connectivity index (χ1v) is 9.90. The third-order valence-corrected chi connectivity index (χ3v) is 6.15. The Balaban J connectivity index is 1.37. The number of carbonyl (C=O) groups excluding carboxylic acids is 1. The maximum atomic E-state index is 13.1. The van der Waals surface area contributed by atoms with E-state index in [1.165, 1.54) is 11.1 Å². The van der Waals surface area contributed by atoms with Crippen molar-refractivity contribution in [2.75, 3.05) is 13.1 Å². The molecular weight excluding hydrogens is 378 g/mol. The largest absolute Gasteiger partial charge is 0.342 e. The Kier molecular flexibility index (Phi) is 4.44. The zero-order chi connectivity index (χ0) is 17.4. The van der Waals surface area contributed by atoms with Crippen molar-refractivity contribution in [3.63, 3.8) is 0 Å². The van der Waals surface area contributed by atoms with Gasteiger partial charge >= 0.3 is 0 Å². The first-order valence-electron chi connectivity index (χ1n) is 9.10. The van der Waals surface area contributed by atoms with Crippen LogP contribution in [-0.4, -0.2) is 33.7 Å². The average molecular weight is 402 g/mol. The Labute approximate surface area is 157 Å². The Hall–Kier alpha value is -1.62. The highest BCUT2D eigenvalue weighted by Crippen LogP contribution is 2.50. The molecule has 2 fully saturated rings. The predicted octanol–water partition coefficient (Wildman–Crippen LogP) is 4.14. The van der Waals surface area contributed by atoms with E-state index in [-0.39, 0.29) is 5.41 Å². The van der Waals surface area contributed by atoms with Gasteiger partial charge in [-0.3, -0.25) is 9.48 Å². The maximum absolute atomic E-state index is 13.1. The first-order chi connectivity index (χ1) is 12.1. The van der Waals surface area contributed by atoms with Crippen LogP contribution in [0.3, 0.4) is 0 Å². The third kappa shape index (κ3) is 3.52. The fourth-order valence-electron chi connectivity index (χ4n) is 3.91. The van der Waals surface area contributed by atoms with E-state index >= 15 is 0 Å². The van der Waals surface area contributed by atoms with Crippen molar-refractivity contribution < 1.29 is 4.79 Å². The standard InChI is InChI=1S/C20H24BrN3O/c1-15-13-22-24(14-15)18-6-10-23(11-7-18)19(25)20(8-9-20)12-16-2-4-17(21)5-3-16/h2-5,13-14,18H,6-12H2,1H3. The molecule has 2 heterocycles. The van der Waals surface area contributed by atoms with Crippen molar-refractivity contribution in [1.82, 2.24) is 14.7 Å². The minimum absolute atomic E-state index is 0.136. The van der Waals surface area contributed by atoms with E-state index in [1.807, 2.05) is 6.20 Å². The monoisotopic (exact) mass is 401 g/mol. The molecule has 2 aromatic rings. The fraction of sp³-hybridized carbons (Fsp3) is 0.500. The number of halogens is 1. The minimum atomic E-state index is -0.136. The fourth-order valence-corrected chi connectivity index (χ4v) is 4.18. The van der Waals surface area contributed by atoms with E-state index < -0.39 is 0 Å². The topological polar surface area (TPSA) is 38.1 Å². The Morgan fingerprint density at radius 3 is 2.48 bits per heavy atom. The molecular formula is C20H24BrN3O. The van der Waals surface area contributed by atoms with Crippen molar-refractivity contribution >= 4 is 21.8 Å². The molecule has 1 aliphatic carbocycles. The molecule has 1 saturated carbocycles. The number of carbonyl (C=O) groups is 1. The van der Waals surface area contributed by atoms with E-state index in [0.29, 0.717) is 11.9 Å². The summed E-state index contributed by atoms with van der Waals surface area (Å²) in [6, 6.07) is 8.81. The smallest absolute Gasteiger partial charge is 0.229 e. The molecule has 0 radical (unpaired) electrons. The molecule has 0 bridgehead atoms. The van der Waals surface area contributed by atoms with Crippen LogP contribution in [0.1, 0.15) is 42.9 Å². The van der Waals surface area contributed by atoms with E-state index in [1.54, 1.807) is 0 Å². The van der Waals surface area contributed by atoms with Gasteiger partial charge in [0.2, 0.25) is 5.91 Å². The van der Waals surface area contributed by atoms with Crippen molar-refractivity contribution in [3.05, 3.63) is 52.3 Å². The molecule has 0 unspecified atom stereocenters. The van der Waals surface area contributed by atoms with Crippen LogP contribution in [-0.2, 0) is 11.2 Å². The highest BCUT2D eigenvalue weighted by molar-refractivity contribution is 9.10. The van der Waals surface area contributed by atoms with Crippen LogP contribution in [0, 0.1) is 12.3 Å². The average Bonchev–Trinajstić information content (AvgIpc) is 3.28. The highest BCUT2D eigenvalue weighted by atomic mass is 79.9. The number of nitrogens with zero attached hydrogens (tertiary/aromatic N) is 3. The van der Waals surface area contributed by atoms with E-state index in [0.717, 1.165) is 49.7 Å². The van der Waals surface area contributed by atoms with Gasteiger partial charge in [-0.2, -0.15) is 5.10 Å². The van der Waals surface area contributed by atoms with Gasteiger partial charge in [-0.25, -0.2) is 0 Å². The second kappa shape index (κ2) is 6.60. The summed E-state index contributed by atoms with van der Waals surface area (Å²) in [4.78, 5) is 15.2. The summed E-state index contributed by atoms with van der Waals surface area (Å²) >= 11 is 3.48. The van der Waals surface area contributed by atoms with E-state index in [9.17, 15) is 4.79 Å². The second-order valence-electron chi connectivity index (χ2n) is 7.60. The van der Waals surface area contributed by atoms with Gasteiger partial charge in [0.25, 0.3) is 0 Å². The van der Waals surface area contributed by atoms with Gasteiger partial charge in [0, 0.05) is 23.8 Å². The normalized spacial score (nSPS) is 19.8. The summed E-state index contributed by atoms with van der Waals surface area (Å²) in [6.07, 6.45) is 8.95. The zero-order valence-electron chi connectivity index (χ0n) is 14.6. The number of aromatic nitrogens is 2. The molecule has 1 aliphatic heterocycles. The minimum Gasteiger partial charge on any atom is -0.342 e. The quantitative estimate of drug-likeness (QED) is 0.771. The number of piperidine rings is 1. The number of aryl methyl sites for hydroxylation is 1. The summed E-state index contributed by atoms with van der Waals surface area (Å²) in [6.45, 7) is 3.77. The lowest BCUT2D eigenvalue weighted by Gasteiger charge is -2.34. The summed E-state index contributed by atoms with van der Waals surface area (Å²) in [5, 5.41) is 4.44. The lowest BCUT2D eigenvalue weighted by molar-refractivity contribution is -0.138. The van der Waals surface area contributed by atoms with Gasteiger partial charge in [-0.05, 0) is 62.3 Å². The Bertz CT molecular complexity index is 756. The van der Waals surface area contributed by atoms with Gasteiger partial charge in [-0.1, -0.05) is 28.1 Å². The van der Waals surface area contributed by atoms with E-state index in [4.69, 9.17) is 0 Å². The lowest BCUT2D eigenvalue weighted by Crippen LogP contribution is -2.43. The van der Waals surface area contributed by atoms with Gasteiger partial charge in [0.15, 0.2) is 0 Å². The van der Waals surface area contributed by atoms with Crippen molar-refractivity contribution in [2.45, 2.75) is 45.1 Å². The van der Waals surface area contributed by atoms with Crippen LogP contribution in [0.25, 0.3) is 0 Å². The molecule has 132 valence electrons.